The Bertz CT molecular complexity index is 801. The van der Waals surface area contributed by atoms with E-state index in [1.54, 1.807) is 20.0 Å². The quantitative estimate of drug-likeness (QED) is 0.907. The number of nitrogens with zero attached hydrogens (tertiary/aromatic N) is 2. The smallest absolute Gasteiger partial charge is 0.309 e. The van der Waals surface area contributed by atoms with Crippen LogP contribution >= 0.6 is 0 Å². The molecule has 1 aromatic heterocycles. The first-order valence-corrected chi connectivity index (χ1v) is 7.47. The van der Waals surface area contributed by atoms with E-state index in [1.165, 1.54) is 16.8 Å². The predicted octanol–water partition coefficient (Wildman–Crippen LogP) is 2.09. The van der Waals surface area contributed by atoms with Gasteiger partial charge in [-0.1, -0.05) is 0 Å². The van der Waals surface area contributed by atoms with Crippen molar-refractivity contribution in [3.05, 3.63) is 29.7 Å². The predicted molar refractivity (Wildman–Crippen MR) is 81.5 cm³/mol. The molecule has 0 radical (unpaired) electrons. The Kier molecular flexibility index (Phi) is 3.58. The van der Waals surface area contributed by atoms with Crippen molar-refractivity contribution in [2.45, 2.75) is 32.2 Å². The van der Waals surface area contributed by atoms with Crippen LogP contribution in [0.2, 0.25) is 0 Å². The van der Waals surface area contributed by atoms with E-state index in [4.69, 9.17) is 0 Å². The van der Waals surface area contributed by atoms with E-state index in [9.17, 15) is 19.1 Å². The van der Waals surface area contributed by atoms with Crippen molar-refractivity contribution >= 4 is 22.8 Å². The fraction of sp³-hybridized carbons (Fsp3) is 0.438. The average Bonchev–Trinajstić information content (AvgIpc) is 3.01. The highest BCUT2D eigenvalue weighted by atomic mass is 19.1. The van der Waals surface area contributed by atoms with Gasteiger partial charge >= 0.3 is 5.97 Å². The standard InChI is InChI=1S/C16H18FN3O3/c1-16(15(22)23)6-5-10(8-16)18-14(21)13-11-7-9(17)3-4-12(11)20(2)19-13/h3-4,7,10H,5-6,8H2,1-2H3,(H,18,21)(H,22,23). The zero-order chi connectivity index (χ0) is 16.8. The first-order valence-electron chi connectivity index (χ1n) is 7.47. The number of hydrogen-bond donors (Lipinski definition) is 2. The molecule has 7 heteroatoms. The molecule has 1 heterocycles. The maximum Gasteiger partial charge on any atom is 0.309 e. The Balaban J connectivity index is 1.82. The van der Waals surface area contributed by atoms with Crippen molar-refractivity contribution < 1.29 is 19.1 Å². The van der Waals surface area contributed by atoms with E-state index >= 15 is 0 Å². The Labute approximate surface area is 132 Å². The van der Waals surface area contributed by atoms with E-state index in [0.29, 0.717) is 30.2 Å². The van der Waals surface area contributed by atoms with Crippen LogP contribution in [0.25, 0.3) is 10.9 Å². The number of benzene rings is 1. The van der Waals surface area contributed by atoms with Gasteiger partial charge in [-0.25, -0.2) is 4.39 Å². The zero-order valence-corrected chi connectivity index (χ0v) is 13.0. The van der Waals surface area contributed by atoms with Crippen molar-refractivity contribution in [2.75, 3.05) is 0 Å². The first-order chi connectivity index (χ1) is 10.8. The Morgan fingerprint density at radius 3 is 2.87 bits per heavy atom. The van der Waals surface area contributed by atoms with Crippen LogP contribution in [0.4, 0.5) is 4.39 Å². The van der Waals surface area contributed by atoms with Gasteiger partial charge in [-0.05, 0) is 44.4 Å². The molecule has 2 N–H and O–H groups in total. The summed E-state index contributed by atoms with van der Waals surface area (Å²) in [5.41, 5.74) is 0.0141. The van der Waals surface area contributed by atoms with Gasteiger partial charge in [0.25, 0.3) is 5.91 Å². The summed E-state index contributed by atoms with van der Waals surface area (Å²) in [6.45, 7) is 1.69. The summed E-state index contributed by atoms with van der Waals surface area (Å²) in [6.07, 6.45) is 1.51. The average molecular weight is 319 g/mol. The van der Waals surface area contributed by atoms with E-state index in [0.717, 1.165) is 0 Å². The number of amides is 1. The number of rotatable bonds is 3. The molecular formula is C16H18FN3O3. The Hall–Kier alpha value is -2.44. The fourth-order valence-electron chi connectivity index (χ4n) is 3.22. The highest BCUT2D eigenvalue weighted by Crippen LogP contribution is 2.38. The summed E-state index contributed by atoms with van der Waals surface area (Å²) < 4.78 is 15.0. The number of carboxylic acid groups (broad SMARTS) is 1. The normalized spacial score (nSPS) is 24.0. The highest BCUT2D eigenvalue weighted by molar-refractivity contribution is 6.05. The van der Waals surface area contributed by atoms with Crippen LogP contribution in [-0.2, 0) is 11.8 Å². The molecule has 3 rings (SSSR count). The number of aliphatic carboxylic acids is 1. The summed E-state index contributed by atoms with van der Waals surface area (Å²) in [5.74, 6) is -1.68. The number of hydrogen-bond acceptors (Lipinski definition) is 3. The van der Waals surface area contributed by atoms with E-state index in [-0.39, 0.29) is 11.7 Å². The van der Waals surface area contributed by atoms with Crippen LogP contribution < -0.4 is 5.32 Å². The molecule has 0 bridgehead atoms. The topological polar surface area (TPSA) is 84.2 Å². The van der Waals surface area contributed by atoms with E-state index in [1.807, 2.05) is 0 Å². The minimum atomic E-state index is -0.848. The number of carbonyl (C=O) groups excluding carboxylic acids is 1. The minimum Gasteiger partial charge on any atom is -0.481 e. The second-order valence-electron chi connectivity index (χ2n) is 6.41. The number of carbonyl (C=O) groups is 2. The Morgan fingerprint density at radius 1 is 1.48 bits per heavy atom. The van der Waals surface area contributed by atoms with Crippen molar-refractivity contribution in [1.29, 1.82) is 0 Å². The fourth-order valence-corrected chi connectivity index (χ4v) is 3.22. The van der Waals surface area contributed by atoms with Gasteiger partial charge in [0.2, 0.25) is 0 Å². The van der Waals surface area contributed by atoms with Gasteiger partial charge in [0, 0.05) is 18.5 Å². The van der Waals surface area contributed by atoms with Crippen molar-refractivity contribution in [1.82, 2.24) is 15.1 Å². The van der Waals surface area contributed by atoms with Gasteiger partial charge in [0.15, 0.2) is 5.69 Å². The molecule has 0 aliphatic heterocycles. The lowest BCUT2D eigenvalue weighted by molar-refractivity contribution is -0.147. The number of fused-ring (bicyclic) bond motifs is 1. The number of carboxylic acids is 1. The third kappa shape index (κ3) is 2.67. The van der Waals surface area contributed by atoms with Crippen molar-refractivity contribution in [3.63, 3.8) is 0 Å². The molecule has 23 heavy (non-hydrogen) atoms. The summed E-state index contributed by atoms with van der Waals surface area (Å²) >= 11 is 0. The molecule has 1 saturated carbocycles. The summed E-state index contributed by atoms with van der Waals surface area (Å²) in [7, 11) is 1.69. The molecule has 1 aromatic carbocycles. The van der Waals surface area contributed by atoms with Crippen LogP contribution in [-0.4, -0.2) is 32.8 Å². The van der Waals surface area contributed by atoms with Gasteiger partial charge < -0.3 is 10.4 Å². The van der Waals surface area contributed by atoms with Gasteiger partial charge in [-0.2, -0.15) is 5.10 Å². The maximum absolute atomic E-state index is 13.5. The van der Waals surface area contributed by atoms with Crippen LogP contribution in [0.5, 0.6) is 0 Å². The summed E-state index contributed by atoms with van der Waals surface area (Å²) in [5, 5.41) is 16.7. The molecule has 1 amide bonds. The summed E-state index contributed by atoms with van der Waals surface area (Å²) in [6, 6.07) is 3.97. The first kappa shape index (κ1) is 15.5. The number of halogens is 1. The lowest BCUT2D eigenvalue weighted by Gasteiger charge is -2.18. The zero-order valence-electron chi connectivity index (χ0n) is 13.0. The summed E-state index contributed by atoms with van der Waals surface area (Å²) in [4.78, 5) is 23.7. The molecule has 2 aromatic rings. The van der Waals surface area contributed by atoms with Gasteiger partial charge in [0.05, 0.1) is 10.9 Å². The molecule has 6 nitrogen and oxygen atoms in total. The highest BCUT2D eigenvalue weighted by Gasteiger charge is 2.42. The molecule has 0 spiro atoms. The second kappa shape index (κ2) is 5.33. The van der Waals surface area contributed by atoms with Crippen LogP contribution in [0, 0.1) is 11.2 Å². The maximum atomic E-state index is 13.5. The van der Waals surface area contributed by atoms with Crippen LogP contribution in [0.15, 0.2) is 18.2 Å². The molecule has 2 unspecified atom stereocenters. The largest absolute Gasteiger partial charge is 0.481 e. The van der Waals surface area contributed by atoms with Crippen LogP contribution in [0.3, 0.4) is 0 Å². The third-order valence-corrected chi connectivity index (χ3v) is 4.62. The lowest BCUT2D eigenvalue weighted by Crippen LogP contribution is -2.35. The molecule has 1 aliphatic rings. The number of aryl methyl sites for hydroxylation is 1. The van der Waals surface area contributed by atoms with E-state index in [2.05, 4.69) is 10.4 Å². The second-order valence-corrected chi connectivity index (χ2v) is 6.41. The SMILES string of the molecule is Cn1nc(C(=O)NC2CCC(C)(C(=O)O)C2)c2cc(F)ccc21. The number of nitrogens with one attached hydrogen (secondary N) is 1. The van der Waals surface area contributed by atoms with Crippen LogP contribution in [0.1, 0.15) is 36.7 Å². The van der Waals surface area contributed by atoms with Gasteiger partial charge in [0.1, 0.15) is 5.82 Å². The van der Waals surface area contributed by atoms with E-state index < -0.39 is 23.1 Å². The lowest BCUT2D eigenvalue weighted by atomic mass is 9.89. The molecular weight excluding hydrogens is 301 g/mol. The monoisotopic (exact) mass is 319 g/mol. The Morgan fingerprint density at radius 2 is 2.22 bits per heavy atom. The van der Waals surface area contributed by atoms with Crippen molar-refractivity contribution in [2.24, 2.45) is 12.5 Å². The van der Waals surface area contributed by atoms with Crippen molar-refractivity contribution in [3.8, 4) is 0 Å². The molecule has 1 fully saturated rings. The third-order valence-electron chi connectivity index (χ3n) is 4.62. The molecule has 2 atom stereocenters. The van der Waals surface area contributed by atoms with Gasteiger partial charge in [-0.3, -0.25) is 14.3 Å². The van der Waals surface area contributed by atoms with Gasteiger partial charge in [-0.15, -0.1) is 0 Å². The molecule has 0 saturated heterocycles. The molecule has 1 aliphatic carbocycles. The molecule has 122 valence electrons. The number of aromatic nitrogens is 2. The minimum absolute atomic E-state index is 0.158.